The fraction of sp³-hybridized carbons (Fsp3) is 0.222. The van der Waals surface area contributed by atoms with Crippen LogP contribution in [0.15, 0.2) is 48.5 Å². The molecule has 0 aliphatic heterocycles. The third kappa shape index (κ3) is 6.65. The first-order chi connectivity index (χ1) is 13.0. The maximum Gasteiger partial charge on any atom is 0.271 e. The van der Waals surface area contributed by atoms with Gasteiger partial charge in [-0.1, -0.05) is 6.07 Å². The second-order valence-corrected chi connectivity index (χ2v) is 5.69. The smallest absolute Gasteiger partial charge is 0.271 e. The Morgan fingerprint density at radius 2 is 1.93 bits per heavy atom. The molecule has 0 saturated heterocycles. The van der Waals surface area contributed by atoms with Gasteiger partial charge in [0.1, 0.15) is 12.4 Å². The molecule has 27 heavy (non-hydrogen) atoms. The third-order valence-electron chi connectivity index (χ3n) is 3.36. The molecular formula is C18H19N3O5S. The van der Waals surface area contributed by atoms with E-state index < -0.39 is 10.8 Å². The molecule has 2 aromatic rings. The van der Waals surface area contributed by atoms with Crippen molar-refractivity contribution < 1.29 is 19.2 Å². The van der Waals surface area contributed by atoms with Gasteiger partial charge < -0.3 is 14.8 Å². The number of nitro groups is 1. The molecule has 2 aromatic carbocycles. The van der Waals surface area contributed by atoms with Crippen LogP contribution in [0.4, 0.5) is 11.4 Å². The van der Waals surface area contributed by atoms with E-state index in [2.05, 4.69) is 10.6 Å². The monoisotopic (exact) mass is 389 g/mol. The summed E-state index contributed by atoms with van der Waals surface area (Å²) in [6, 6.07) is 12.4. The number of ether oxygens (including phenoxy) is 2. The van der Waals surface area contributed by atoms with Gasteiger partial charge in [-0.05, 0) is 49.5 Å². The molecule has 0 bridgehead atoms. The molecule has 9 heteroatoms. The zero-order chi connectivity index (χ0) is 19.6. The van der Waals surface area contributed by atoms with Crippen molar-refractivity contribution in [3.05, 3.63) is 64.2 Å². The van der Waals surface area contributed by atoms with Crippen molar-refractivity contribution >= 4 is 34.6 Å². The van der Waals surface area contributed by atoms with Crippen molar-refractivity contribution in [2.24, 2.45) is 0 Å². The molecule has 2 N–H and O–H groups in total. The fourth-order valence-corrected chi connectivity index (χ4v) is 2.31. The third-order valence-corrected chi connectivity index (χ3v) is 3.56. The van der Waals surface area contributed by atoms with Crippen LogP contribution in [0.2, 0.25) is 0 Å². The van der Waals surface area contributed by atoms with Crippen molar-refractivity contribution in [2.75, 3.05) is 25.1 Å². The Morgan fingerprint density at radius 3 is 2.59 bits per heavy atom. The van der Waals surface area contributed by atoms with Gasteiger partial charge in [-0.2, -0.15) is 0 Å². The number of non-ortho nitro benzene ring substituents is 1. The van der Waals surface area contributed by atoms with E-state index in [-0.39, 0.29) is 10.8 Å². The number of amides is 1. The normalized spacial score (nSPS) is 10.1. The Hall–Kier alpha value is -3.04. The highest BCUT2D eigenvalue weighted by Crippen LogP contribution is 2.17. The minimum Gasteiger partial charge on any atom is -0.491 e. The van der Waals surface area contributed by atoms with Crippen LogP contribution in [0.5, 0.6) is 5.75 Å². The summed E-state index contributed by atoms with van der Waals surface area (Å²) in [5.74, 6) is 0.224. The van der Waals surface area contributed by atoms with Crippen LogP contribution in [0.1, 0.15) is 17.3 Å². The van der Waals surface area contributed by atoms with E-state index >= 15 is 0 Å². The maximum absolute atomic E-state index is 12.2. The van der Waals surface area contributed by atoms with Crippen LogP contribution >= 0.6 is 12.2 Å². The van der Waals surface area contributed by atoms with Gasteiger partial charge in [0.05, 0.1) is 11.5 Å². The summed E-state index contributed by atoms with van der Waals surface area (Å²) in [6.45, 7) is 3.46. The van der Waals surface area contributed by atoms with Crippen LogP contribution in [-0.2, 0) is 4.74 Å². The SMILES string of the molecule is CCOCCOc1ccc(C(=O)NC(=S)Nc2cccc([N+](=O)[O-])c2)cc1. The number of nitro benzene ring substituents is 1. The second kappa shape index (κ2) is 10.2. The number of benzene rings is 2. The van der Waals surface area contributed by atoms with Crippen LogP contribution in [0, 0.1) is 10.1 Å². The predicted octanol–water partition coefficient (Wildman–Crippen LogP) is 3.14. The lowest BCUT2D eigenvalue weighted by molar-refractivity contribution is -0.384. The topological polar surface area (TPSA) is 103 Å². The van der Waals surface area contributed by atoms with E-state index in [1.54, 1.807) is 30.3 Å². The highest BCUT2D eigenvalue weighted by molar-refractivity contribution is 7.80. The molecule has 0 aliphatic carbocycles. The van der Waals surface area contributed by atoms with Gasteiger partial charge in [0.15, 0.2) is 5.11 Å². The van der Waals surface area contributed by atoms with Crippen molar-refractivity contribution in [1.29, 1.82) is 0 Å². The van der Waals surface area contributed by atoms with Gasteiger partial charge in [-0.15, -0.1) is 0 Å². The van der Waals surface area contributed by atoms with Gasteiger partial charge in [-0.25, -0.2) is 0 Å². The second-order valence-electron chi connectivity index (χ2n) is 5.29. The first-order valence-electron chi connectivity index (χ1n) is 8.17. The summed E-state index contributed by atoms with van der Waals surface area (Å²) in [7, 11) is 0. The number of rotatable bonds is 8. The highest BCUT2D eigenvalue weighted by atomic mass is 32.1. The molecule has 0 aromatic heterocycles. The summed E-state index contributed by atoms with van der Waals surface area (Å²) < 4.78 is 10.7. The molecule has 0 atom stereocenters. The lowest BCUT2D eigenvalue weighted by Gasteiger charge is -2.10. The van der Waals surface area contributed by atoms with Crippen molar-refractivity contribution in [2.45, 2.75) is 6.92 Å². The number of nitrogens with one attached hydrogen (secondary N) is 2. The van der Waals surface area contributed by atoms with E-state index in [1.807, 2.05) is 6.92 Å². The fourth-order valence-electron chi connectivity index (χ4n) is 2.10. The summed E-state index contributed by atoms with van der Waals surface area (Å²) in [5, 5.41) is 16.1. The molecule has 142 valence electrons. The number of nitrogens with zero attached hydrogens (tertiary/aromatic N) is 1. The summed E-state index contributed by atoms with van der Waals surface area (Å²) >= 11 is 5.08. The molecular weight excluding hydrogens is 370 g/mol. The van der Waals surface area contributed by atoms with Gasteiger partial charge in [-0.3, -0.25) is 20.2 Å². The molecule has 0 saturated carbocycles. The van der Waals surface area contributed by atoms with Crippen LogP contribution in [-0.4, -0.2) is 35.8 Å². The van der Waals surface area contributed by atoms with Crippen molar-refractivity contribution in [3.8, 4) is 5.75 Å². The number of hydrogen-bond acceptors (Lipinski definition) is 6. The average Bonchev–Trinajstić information content (AvgIpc) is 2.65. The van der Waals surface area contributed by atoms with E-state index in [9.17, 15) is 14.9 Å². The number of carbonyl (C=O) groups excluding carboxylic acids is 1. The van der Waals surface area contributed by atoms with Gasteiger partial charge in [0, 0.05) is 30.0 Å². The number of hydrogen-bond donors (Lipinski definition) is 2. The molecule has 0 radical (unpaired) electrons. The number of carbonyl (C=O) groups is 1. The van der Waals surface area contributed by atoms with Gasteiger partial charge in [0.2, 0.25) is 0 Å². The molecule has 0 aliphatic rings. The standard InChI is InChI=1S/C18H19N3O5S/c1-2-25-10-11-26-16-8-6-13(7-9-16)17(22)20-18(27)19-14-4-3-5-15(12-14)21(23)24/h3-9,12H,2,10-11H2,1H3,(H2,19,20,22,27). The minimum absolute atomic E-state index is 0.0394. The number of anilines is 1. The predicted molar refractivity (Wildman–Crippen MR) is 105 cm³/mol. The Morgan fingerprint density at radius 1 is 1.19 bits per heavy atom. The van der Waals surface area contributed by atoms with Crippen LogP contribution in [0.3, 0.4) is 0 Å². The minimum atomic E-state index is -0.509. The van der Waals surface area contributed by atoms with E-state index in [1.165, 1.54) is 18.2 Å². The van der Waals surface area contributed by atoms with Crippen molar-refractivity contribution in [3.63, 3.8) is 0 Å². The lowest BCUT2D eigenvalue weighted by Crippen LogP contribution is -2.34. The Balaban J connectivity index is 1.87. The molecule has 0 unspecified atom stereocenters. The number of thiocarbonyl (C=S) groups is 1. The molecule has 0 fully saturated rings. The Labute approximate surface area is 161 Å². The Kier molecular flexibility index (Phi) is 7.65. The average molecular weight is 389 g/mol. The van der Waals surface area contributed by atoms with Crippen LogP contribution < -0.4 is 15.4 Å². The van der Waals surface area contributed by atoms with Crippen LogP contribution in [0.25, 0.3) is 0 Å². The summed E-state index contributed by atoms with van der Waals surface area (Å²) in [5.41, 5.74) is 0.733. The van der Waals surface area contributed by atoms with E-state index in [0.29, 0.717) is 36.8 Å². The Bertz CT molecular complexity index is 811. The first-order valence-corrected chi connectivity index (χ1v) is 8.58. The zero-order valence-electron chi connectivity index (χ0n) is 14.6. The molecule has 8 nitrogen and oxygen atoms in total. The summed E-state index contributed by atoms with van der Waals surface area (Å²) in [4.78, 5) is 22.5. The lowest BCUT2D eigenvalue weighted by atomic mass is 10.2. The first kappa shape index (κ1) is 20.3. The highest BCUT2D eigenvalue weighted by Gasteiger charge is 2.10. The molecule has 2 rings (SSSR count). The molecule has 0 heterocycles. The maximum atomic E-state index is 12.2. The van der Waals surface area contributed by atoms with Crippen molar-refractivity contribution in [1.82, 2.24) is 5.32 Å². The summed E-state index contributed by atoms with van der Waals surface area (Å²) in [6.07, 6.45) is 0. The largest absolute Gasteiger partial charge is 0.491 e. The van der Waals surface area contributed by atoms with Gasteiger partial charge >= 0.3 is 0 Å². The van der Waals surface area contributed by atoms with E-state index in [0.717, 1.165) is 0 Å². The van der Waals surface area contributed by atoms with Gasteiger partial charge in [0.25, 0.3) is 11.6 Å². The molecule has 0 spiro atoms. The quantitative estimate of drug-likeness (QED) is 0.309. The zero-order valence-corrected chi connectivity index (χ0v) is 15.5. The van der Waals surface area contributed by atoms with E-state index in [4.69, 9.17) is 21.7 Å². The molecule has 1 amide bonds.